The SMILES string of the molecule is Cc1cccc2cc([C@@H]3NC(=O)c4cccnc4N3)c(Cl)nc12. The van der Waals surface area contributed by atoms with E-state index in [1.165, 1.54) is 0 Å². The van der Waals surface area contributed by atoms with E-state index in [1.54, 1.807) is 18.3 Å². The van der Waals surface area contributed by atoms with E-state index < -0.39 is 6.17 Å². The highest BCUT2D eigenvalue weighted by Crippen LogP contribution is 2.30. The van der Waals surface area contributed by atoms with Crippen molar-refractivity contribution in [2.24, 2.45) is 0 Å². The molecule has 0 bridgehead atoms. The highest BCUT2D eigenvalue weighted by Gasteiger charge is 2.27. The average molecular weight is 325 g/mol. The Kier molecular flexibility index (Phi) is 3.16. The molecule has 0 radical (unpaired) electrons. The lowest BCUT2D eigenvalue weighted by molar-refractivity contribution is 0.0935. The van der Waals surface area contributed by atoms with Crippen molar-refractivity contribution < 1.29 is 4.79 Å². The molecule has 0 aliphatic carbocycles. The van der Waals surface area contributed by atoms with Crippen molar-refractivity contribution in [1.29, 1.82) is 0 Å². The number of fused-ring (bicyclic) bond motifs is 2. The third-order valence-corrected chi connectivity index (χ3v) is 4.25. The number of nitrogens with zero attached hydrogens (tertiary/aromatic N) is 2. The van der Waals surface area contributed by atoms with E-state index in [4.69, 9.17) is 11.6 Å². The minimum Gasteiger partial charge on any atom is -0.346 e. The van der Waals surface area contributed by atoms with E-state index in [-0.39, 0.29) is 5.91 Å². The van der Waals surface area contributed by atoms with Gasteiger partial charge in [-0.15, -0.1) is 0 Å². The van der Waals surface area contributed by atoms with E-state index in [9.17, 15) is 4.79 Å². The van der Waals surface area contributed by atoms with Crippen molar-refractivity contribution in [3.63, 3.8) is 0 Å². The number of pyridine rings is 2. The van der Waals surface area contributed by atoms with E-state index in [2.05, 4.69) is 20.6 Å². The van der Waals surface area contributed by atoms with E-state index in [0.717, 1.165) is 22.0 Å². The molecule has 0 saturated heterocycles. The van der Waals surface area contributed by atoms with Gasteiger partial charge in [-0.2, -0.15) is 0 Å². The van der Waals surface area contributed by atoms with Crippen molar-refractivity contribution in [1.82, 2.24) is 15.3 Å². The Labute approximate surface area is 137 Å². The zero-order chi connectivity index (χ0) is 16.0. The molecule has 0 unspecified atom stereocenters. The minimum atomic E-state index is -0.463. The lowest BCUT2D eigenvalue weighted by Gasteiger charge is -2.27. The van der Waals surface area contributed by atoms with Crippen molar-refractivity contribution in [3.8, 4) is 0 Å². The first-order valence-corrected chi connectivity index (χ1v) is 7.59. The molecule has 1 aromatic carbocycles. The molecule has 23 heavy (non-hydrogen) atoms. The molecule has 1 aliphatic rings. The maximum Gasteiger partial charge on any atom is 0.256 e. The second-order valence-corrected chi connectivity index (χ2v) is 5.82. The van der Waals surface area contributed by atoms with Gasteiger partial charge in [0.15, 0.2) is 0 Å². The lowest BCUT2D eigenvalue weighted by Crippen LogP contribution is -2.39. The number of halogens is 1. The molecular formula is C17H13ClN4O. The maximum absolute atomic E-state index is 12.2. The predicted octanol–water partition coefficient (Wildman–Crippen LogP) is 3.45. The molecule has 4 rings (SSSR count). The van der Waals surface area contributed by atoms with E-state index in [1.807, 2.05) is 31.2 Å². The summed E-state index contributed by atoms with van der Waals surface area (Å²) in [6, 6.07) is 11.3. The molecule has 6 heteroatoms. The Morgan fingerprint density at radius 1 is 1.17 bits per heavy atom. The Bertz CT molecular complexity index is 941. The fourth-order valence-electron chi connectivity index (χ4n) is 2.78. The zero-order valence-electron chi connectivity index (χ0n) is 12.3. The summed E-state index contributed by atoms with van der Waals surface area (Å²) in [6.45, 7) is 1.99. The Morgan fingerprint density at radius 3 is 2.91 bits per heavy atom. The number of amides is 1. The Balaban J connectivity index is 1.81. The first-order valence-electron chi connectivity index (χ1n) is 7.21. The average Bonchev–Trinajstić information content (AvgIpc) is 2.55. The molecular weight excluding hydrogens is 312 g/mol. The summed E-state index contributed by atoms with van der Waals surface area (Å²) in [7, 11) is 0. The van der Waals surface area contributed by atoms with Crippen LogP contribution in [-0.4, -0.2) is 15.9 Å². The summed E-state index contributed by atoms with van der Waals surface area (Å²) >= 11 is 6.36. The molecule has 3 heterocycles. The number of hydrogen-bond acceptors (Lipinski definition) is 4. The molecule has 0 spiro atoms. The predicted molar refractivity (Wildman–Crippen MR) is 89.6 cm³/mol. The number of hydrogen-bond donors (Lipinski definition) is 2. The normalized spacial score (nSPS) is 16.6. The van der Waals surface area contributed by atoms with Gasteiger partial charge in [0.25, 0.3) is 5.91 Å². The van der Waals surface area contributed by atoms with Gasteiger partial charge >= 0.3 is 0 Å². The van der Waals surface area contributed by atoms with Crippen LogP contribution < -0.4 is 10.6 Å². The number of para-hydroxylation sites is 1. The highest BCUT2D eigenvalue weighted by molar-refractivity contribution is 6.30. The molecule has 0 fully saturated rings. The monoisotopic (exact) mass is 324 g/mol. The summed E-state index contributed by atoms with van der Waals surface area (Å²) in [5, 5.41) is 7.43. The van der Waals surface area contributed by atoms with Crippen LogP contribution >= 0.6 is 11.6 Å². The van der Waals surface area contributed by atoms with Crippen molar-refractivity contribution in [3.05, 3.63) is 64.4 Å². The van der Waals surface area contributed by atoms with Crippen molar-refractivity contribution in [2.45, 2.75) is 13.1 Å². The molecule has 1 aliphatic heterocycles. The van der Waals surface area contributed by atoms with Crippen LogP contribution in [0.15, 0.2) is 42.6 Å². The fraction of sp³-hybridized carbons (Fsp3) is 0.118. The zero-order valence-corrected chi connectivity index (χ0v) is 13.1. The van der Waals surface area contributed by atoms with Crippen LogP contribution in [0.4, 0.5) is 5.82 Å². The molecule has 3 aromatic rings. The topological polar surface area (TPSA) is 66.9 Å². The van der Waals surface area contributed by atoms with Crippen molar-refractivity contribution in [2.75, 3.05) is 5.32 Å². The molecule has 1 amide bonds. The molecule has 2 aromatic heterocycles. The Hall–Kier alpha value is -2.66. The molecule has 0 saturated carbocycles. The quantitative estimate of drug-likeness (QED) is 0.673. The molecule has 1 atom stereocenters. The first kappa shape index (κ1) is 14.0. The summed E-state index contributed by atoms with van der Waals surface area (Å²) in [4.78, 5) is 20.9. The maximum atomic E-state index is 12.2. The van der Waals surface area contributed by atoms with Crippen LogP contribution in [0, 0.1) is 6.92 Å². The van der Waals surface area contributed by atoms with Gasteiger partial charge in [-0.25, -0.2) is 9.97 Å². The summed E-state index contributed by atoms with van der Waals surface area (Å²) in [5.41, 5.74) is 3.16. The van der Waals surface area contributed by atoms with Crippen LogP contribution in [0.1, 0.15) is 27.7 Å². The highest BCUT2D eigenvalue weighted by atomic mass is 35.5. The van der Waals surface area contributed by atoms with E-state index >= 15 is 0 Å². The number of nitrogens with one attached hydrogen (secondary N) is 2. The largest absolute Gasteiger partial charge is 0.346 e. The number of aryl methyl sites for hydroxylation is 1. The number of carbonyl (C=O) groups excluding carboxylic acids is 1. The second kappa shape index (κ2) is 5.21. The van der Waals surface area contributed by atoms with Gasteiger partial charge in [-0.05, 0) is 30.7 Å². The van der Waals surface area contributed by atoms with E-state index in [0.29, 0.717) is 16.5 Å². The smallest absolute Gasteiger partial charge is 0.256 e. The number of carbonyl (C=O) groups is 1. The van der Waals surface area contributed by atoms with Crippen LogP contribution in [0.2, 0.25) is 5.15 Å². The van der Waals surface area contributed by atoms with Crippen LogP contribution in [0.3, 0.4) is 0 Å². The molecule has 2 N–H and O–H groups in total. The van der Waals surface area contributed by atoms with Gasteiger partial charge in [0.05, 0.1) is 11.1 Å². The van der Waals surface area contributed by atoms with Gasteiger partial charge in [-0.3, -0.25) is 4.79 Å². The molecule has 5 nitrogen and oxygen atoms in total. The van der Waals surface area contributed by atoms with Gasteiger partial charge in [0.1, 0.15) is 17.1 Å². The fourth-order valence-corrected chi connectivity index (χ4v) is 3.03. The summed E-state index contributed by atoms with van der Waals surface area (Å²) < 4.78 is 0. The molecule has 114 valence electrons. The van der Waals surface area contributed by atoms with Gasteiger partial charge in [0.2, 0.25) is 0 Å². The Morgan fingerprint density at radius 2 is 2.04 bits per heavy atom. The minimum absolute atomic E-state index is 0.183. The van der Waals surface area contributed by atoms with Crippen LogP contribution in [0.5, 0.6) is 0 Å². The second-order valence-electron chi connectivity index (χ2n) is 5.47. The summed E-state index contributed by atoms with van der Waals surface area (Å²) in [5.74, 6) is 0.360. The number of anilines is 1. The third-order valence-electron chi connectivity index (χ3n) is 3.95. The van der Waals surface area contributed by atoms with Gasteiger partial charge in [-0.1, -0.05) is 29.8 Å². The van der Waals surface area contributed by atoms with Gasteiger partial charge in [0, 0.05) is 17.1 Å². The third kappa shape index (κ3) is 2.29. The number of benzene rings is 1. The van der Waals surface area contributed by atoms with Crippen molar-refractivity contribution >= 4 is 34.2 Å². The number of aromatic nitrogens is 2. The van der Waals surface area contributed by atoms with Gasteiger partial charge < -0.3 is 10.6 Å². The summed E-state index contributed by atoms with van der Waals surface area (Å²) in [6.07, 6.45) is 1.18. The van der Waals surface area contributed by atoms with Crippen LogP contribution in [-0.2, 0) is 0 Å². The van der Waals surface area contributed by atoms with Crippen LogP contribution in [0.25, 0.3) is 10.9 Å². The lowest BCUT2D eigenvalue weighted by atomic mass is 10.1. The standard InChI is InChI=1S/C17H13ClN4O/c1-9-4-2-5-10-8-12(14(18)20-13(9)10)16-21-15-11(17(23)22-16)6-3-7-19-15/h2-8,16H,1H3,(H,19,21)(H,22,23)/t16-/m0/s1. The number of rotatable bonds is 1. The first-order chi connectivity index (χ1) is 11.1.